The second-order valence-electron chi connectivity index (χ2n) is 4.38. The van der Waals surface area contributed by atoms with E-state index in [2.05, 4.69) is 30.1 Å². The molecule has 2 rings (SSSR count). The van der Waals surface area contributed by atoms with Crippen molar-refractivity contribution in [1.29, 1.82) is 0 Å². The molecule has 0 saturated carbocycles. The zero-order valence-corrected chi connectivity index (χ0v) is 11.8. The summed E-state index contributed by atoms with van der Waals surface area (Å²) in [6, 6.07) is 0. The average Bonchev–Trinajstić information content (AvgIpc) is 2.64. The quantitative estimate of drug-likeness (QED) is 0.811. The van der Waals surface area contributed by atoms with E-state index in [9.17, 15) is 0 Å². The number of anilines is 2. The van der Waals surface area contributed by atoms with Crippen molar-refractivity contribution in [3.8, 4) is 0 Å². The first kappa shape index (κ1) is 14.2. The molecule has 2 N–H and O–H groups in total. The highest BCUT2D eigenvalue weighted by atomic mass is 35.5. The van der Waals surface area contributed by atoms with Crippen LogP contribution in [0.4, 0.5) is 11.9 Å². The first-order valence-corrected chi connectivity index (χ1v) is 6.78. The lowest BCUT2D eigenvalue weighted by Crippen LogP contribution is -2.33. The molecule has 106 valence electrons. The van der Waals surface area contributed by atoms with Gasteiger partial charge in [0.1, 0.15) is 0 Å². The van der Waals surface area contributed by atoms with E-state index in [0.717, 1.165) is 32.6 Å². The van der Waals surface area contributed by atoms with Gasteiger partial charge in [-0.15, -0.1) is 0 Å². The van der Waals surface area contributed by atoms with Crippen LogP contribution in [0.25, 0.3) is 0 Å². The van der Waals surface area contributed by atoms with Gasteiger partial charge in [-0.25, -0.2) is 0 Å². The number of nitrogens with one attached hydrogen (secondary N) is 1. The average molecular weight is 287 g/mol. The fourth-order valence-electron chi connectivity index (χ4n) is 2.13. The van der Waals surface area contributed by atoms with Crippen molar-refractivity contribution in [1.82, 2.24) is 19.9 Å². The Balaban J connectivity index is 2.07. The van der Waals surface area contributed by atoms with Gasteiger partial charge in [-0.2, -0.15) is 15.0 Å². The number of rotatable bonds is 4. The molecule has 0 aliphatic carbocycles. The van der Waals surface area contributed by atoms with E-state index in [0.29, 0.717) is 18.4 Å². The van der Waals surface area contributed by atoms with Crippen LogP contribution in [0.3, 0.4) is 0 Å². The SMILES string of the molecule is CNc1nc(Cl)nc(N2CCCN(CCO)CC2)n1. The summed E-state index contributed by atoms with van der Waals surface area (Å²) in [4.78, 5) is 16.8. The number of aliphatic hydroxyl groups excluding tert-OH is 1. The van der Waals surface area contributed by atoms with Crippen molar-refractivity contribution < 1.29 is 5.11 Å². The lowest BCUT2D eigenvalue weighted by molar-refractivity contribution is 0.204. The third-order valence-electron chi connectivity index (χ3n) is 3.11. The van der Waals surface area contributed by atoms with Gasteiger partial charge in [0.15, 0.2) is 0 Å². The molecule has 1 aliphatic rings. The molecule has 0 amide bonds. The fourth-order valence-corrected chi connectivity index (χ4v) is 2.28. The van der Waals surface area contributed by atoms with Crippen LogP contribution in [0.15, 0.2) is 0 Å². The molecule has 19 heavy (non-hydrogen) atoms. The Bertz CT molecular complexity index is 418. The first-order chi connectivity index (χ1) is 9.22. The molecule has 0 radical (unpaired) electrons. The van der Waals surface area contributed by atoms with Crippen molar-refractivity contribution >= 4 is 23.5 Å². The van der Waals surface area contributed by atoms with Crippen LogP contribution in [0.1, 0.15) is 6.42 Å². The minimum absolute atomic E-state index is 0.196. The molecule has 0 spiro atoms. The number of aromatic nitrogens is 3. The lowest BCUT2D eigenvalue weighted by atomic mass is 10.4. The van der Waals surface area contributed by atoms with E-state index in [1.165, 1.54) is 0 Å². The Morgan fingerprint density at radius 3 is 2.79 bits per heavy atom. The molecule has 0 unspecified atom stereocenters. The molecule has 0 aromatic carbocycles. The van der Waals surface area contributed by atoms with Crippen LogP contribution in [0.5, 0.6) is 0 Å². The molecule has 1 fully saturated rings. The fraction of sp³-hybridized carbons (Fsp3) is 0.727. The molecule has 1 saturated heterocycles. The van der Waals surface area contributed by atoms with Gasteiger partial charge in [0.05, 0.1) is 6.61 Å². The standard InChI is InChI=1S/C11H19ClN6O/c1-13-10-14-9(12)15-11(16-10)18-4-2-3-17(5-6-18)7-8-19/h19H,2-8H2,1H3,(H,13,14,15,16). The Labute approximate surface area is 117 Å². The van der Waals surface area contributed by atoms with Crippen LogP contribution in [-0.2, 0) is 0 Å². The second kappa shape index (κ2) is 6.83. The van der Waals surface area contributed by atoms with Crippen LogP contribution < -0.4 is 10.2 Å². The summed E-state index contributed by atoms with van der Waals surface area (Å²) >= 11 is 5.89. The van der Waals surface area contributed by atoms with E-state index in [-0.39, 0.29) is 11.9 Å². The van der Waals surface area contributed by atoms with E-state index >= 15 is 0 Å². The zero-order valence-electron chi connectivity index (χ0n) is 11.0. The summed E-state index contributed by atoms with van der Waals surface area (Å²) < 4.78 is 0. The third-order valence-corrected chi connectivity index (χ3v) is 3.28. The highest BCUT2D eigenvalue weighted by Crippen LogP contribution is 2.15. The number of nitrogens with zero attached hydrogens (tertiary/aromatic N) is 5. The van der Waals surface area contributed by atoms with E-state index < -0.39 is 0 Å². The predicted octanol–water partition coefficient (Wildman–Crippen LogP) is 0.0711. The zero-order chi connectivity index (χ0) is 13.7. The molecule has 2 heterocycles. The van der Waals surface area contributed by atoms with E-state index in [4.69, 9.17) is 16.7 Å². The van der Waals surface area contributed by atoms with E-state index in [1.807, 2.05) is 0 Å². The minimum atomic E-state index is 0.196. The Kier molecular flexibility index (Phi) is 5.12. The summed E-state index contributed by atoms with van der Waals surface area (Å²) in [5.74, 6) is 1.08. The maximum Gasteiger partial charge on any atom is 0.231 e. The highest BCUT2D eigenvalue weighted by molar-refractivity contribution is 6.28. The molecule has 1 aromatic rings. The summed E-state index contributed by atoms with van der Waals surface area (Å²) in [6.07, 6.45) is 1.01. The largest absolute Gasteiger partial charge is 0.395 e. The van der Waals surface area contributed by atoms with E-state index in [1.54, 1.807) is 7.05 Å². The third kappa shape index (κ3) is 3.89. The van der Waals surface area contributed by atoms with Crippen LogP contribution in [0.2, 0.25) is 5.28 Å². The van der Waals surface area contributed by atoms with Gasteiger partial charge < -0.3 is 15.3 Å². The smallest absolute Gasteiger partial charge is 0.231 e. The number of hydrogen-bond donors (Lipinski definition) is 2. The monoisotopic (exact) mass is 286 g/mol. The van der Waals surface area contributed by atoms with Crippen LogP contribution in [-0.4, -0.2) is 71.3 Å². The van der Waals surface area contributed by atoms with Gasteiger partial charge in [-0.1, -0.05) is 0 Å². The van der Waals surface area contributed by atoms with Gasteiger partial charge in [0.25, 0.3) is 0 Å². The van der Waals surface area contributed by atoms with Crippen LogP contribution >= 0.6 is 11.6 Å². The highest BCUT2D eigenvalue weighted by Gasteiger charge is 2.17. The Hall–Kier alpha value is -1.18. The Morgan fingerprint density at radius 2 is 2.05 bits per heavy atom. The summed E-state index contributed by atoms with van der Waals surface area (Å²) in [6.45, 7) is 4.48. The molecular formula is C11H19ClN6O. The summed E-state index contributed by atoms with van der Waals surface area (Å²) in [5.41, 5.74) is 0. The number of β-amino-alcohol motifs (C(OH)–C–C–N with tert-alkyl or cyclic N) is 1. The van der Waals surface area contributed by atoms with Crippen molar-refractivity contribution in [3.63, 3.8) is 0 Å². The minimum Gasteiger partial charge on any atom is -0.395 e. The van der Waals surface area contributed by atoms with Crippen LogP contribution in [0, 0.1) is 0 Å². The molecule has 1 aromatic heterocycles. The van der Waals surface area contributed by atoms with Gasteiger partial charge in [0.2, 0.25) is 17.2 Å². The lowest BCUT2D eigenvalue weighted by Gasteiger charge is -2.21. The van der Waals surface area contributed by atoms with Crippen molar-refractivity contribution in [2.24, 2.45) is 0 Å². The normalized spacial score (nSPS) is 17.3. The topological polar surface area (TPSA) is 77.4 Å². The van der Waals surface area contributed by atoms with Crippen molar-refractivity contribution in [2.75, 3.05) is 56.6 Å². The van der Waals surface area contributed by atoms with Crippen molar-refractivity contribution in [3.05, 3.63) is 5.28 Å². The molecule has 7 nitrogen and oxygen atoms in total. The maximum atomic E-state index is 8.98. The van der Waals surface area contributed by atoms with Crippen molar-refractivity contribution in [2.45, 2.75) is 6.42 Å². The Morgan fingerprint density at radius 1 is 1.21 bits per heavy atom. The number of hydrogen-bond acceptors (Lipinski definition) is 7. The summed E-state index contributed by atoms with van der Waals surface area (Å²) in [7, 11) is 1.75. The summed E-state index contributed by atoms with van der Waals surface area (Å²) in [5, 5.41) is 12.1. The van der Waals surface area contributed by atoms with Gasteiger partial charge in [-0.3, -0.25) is 4.90 Å². The van der Waals surface area contributed by atoms with Gasteiger partial charge in [0, 0.05) is 33.2 Å². The van der Waals surface area contributed by atoms with Gasteiger partial charge in [-0.05, 0) is 24.6 Å². The number of halogens is 1. The van der Waals surface area contributed by atoms with Gasteiger partial charge >= 0.3 is 0 Å². The second-order valence-corrected chi connectivity index (χ2v) is 4.72. The predicted molar refractivity (Wildman–Crippen MR) is 74.7 cm³/mol. The number of aliphatic hydroxyl groups is 1. The molecule has 1 aliphatic heterocycles. The maximum absolute atomic E-state index is 8.98. The molecule has 0 atom stereocenters. The molecular weight excluding hydrogens is 268 g/mol. The molecule has 0 bridgehead atoms. The first-order valence-electron chi connectivity index (χ1n) is 6.40. The molecule has 8 heteroatoms.